The number of carbonyl (C=O) groups is 1. The van der Waals surface area contributed by atoms with Crippen LogP contribution in [-0.2, 0) is 0 Å². The van der Waals surface area contributed by atoms with Crippen LogP contribution in [0.15, 0.2) is 18.5 Å². The van der Waals surface area contributed by atoms with Gasteiger partial charge in [-0.3, -0.25) is 4.79 Å². The Morgan fingerprint density at radius 2 is 2.50 bits per heavy atom. The van der Waals surface area contributed by atoms with Crippen LogP contribution < -0.4 is 5.73 Å². The lowest BCUT2D eigenvalue weighted by atomic mass is 9.98. The minimum atomic E-state index is 0.0331. The summed E-state index contributed by atoms with van der Waals surface area (Å²) in [7, 11) is 0. The zero-order valence-corrected chi connectivity index (χ0v) is 7.21. The first-order valence-electron chi connectivity index (χ1n) is 4.12. The van der Waals surface area contributed by atoms with Gasteiger partial charge in [0, 0.05) is 23.9 Å². The lowest BCUT2D eigenvalue weighted by molar-refractivity contribution is 0.0925. The molecule has 1 unspecified atom stereocenters. The highest BCUT2D eigenvalue weighted by molar-refractivity contribution is 5.97. The zero-order valence-electron chi connectivity index (χ0n) is 7.21. The number of carbonyl (C=O) groups excluding carboxylic acids is 1. The maximum absolute atomic E-state index is 11.5. The molecule has 0 fully saturated rings. The third-order valence-electron chi connectivity index (χ3n) is 1.93. The molecule has 3 heteroatoms. The van der Waals surface area contributed by atoms with Crippen LogP contribution in [-0.4, -0.2) is 17.3 Å². The van der Waals surface area contributed by atoms with Crippen LogP contribution in [0.2, 0.25) is 0 Å². The summed E-state index contributed by atoms with van der Waals surface area (Å²) in [5, 5.41) is 0. The predicted molar refractivity (Wildman–Crippen MR) is 48.0 cm³/mol. The van der Waals surface area contributed by atoms with E-state index in [1.807, 2.05) is 6.92 Å². The van der Waals surface area contributed by atoms with Gasteiger partial charge in [-0.25, -0.2) is 0 Å². The van der Waals surface area contributed by atoms with E-state index in [1.165, 1.54) is 0 Å². The van der Waals surface area contributed by atoms with Gasteiger partial charge in [-0.15, -0.1) is 0 Å². The van der Waals surface area contributed by atoms with E-state index in [2.05, 4.69) is 4.98 Å². The Kier molecular flexibility index (Phi) is 3.05. The number of hydrogen-bond acceptors (Lipinski definition) is 2. The largest absolute Gasteiger partial charge is 0.367 e. The van der Waals surface area contributed by atoms with Crippen molar-refractivity contribution in [2.45, 2.75) is 13.3 Å². The number of nitrogens with one attached hydrogen (secondary N) is 1. The van der Waals surface area contributed by atoms with Crippen molar-refractivity contribution in [1.29, 1.82) is 0 Å². The molecule has 1 rings (SSSR count). The van der Waals surface area contributed by atoms with Crippen molar-refractivity contribution < 1.29 is 4.79 Å². The summed E-state index contributed by atoms with van der Waals surface area (Å²) >= 11 is 0. The fourth-order valence-electron chi connectivity index (χ4n) is 1.14. The Labute approximate surface area is 72.0 Å². The number of hydrogen-bond donors (Lipinski definition) is 2. The highest BCUT2D eigenvalue weighted by Gasteiger charge is 2.13. The first-order chi connectivity index (χ1) is 5.75. The van der Waals surface area contributed by atoms with Crippen molar-refractivity contribution in [3.63, 3.8) is 0 Å². The van der Waals surface area contributed by atoms with Crippen LogP contribution in [0.25, 0.3) is 0 Å². The van der Waals surface area contributed by atoms with Gasteiger partial charge < -0.3 is 10.7 Å². The van der Waals surface area contributed by atoms with Crippen LogP contribution in [0.3, 0.4) is 0 Å². The number of ketones is 1. The minimum Gasteiger partial charge on any atom is -0.367 e. The number of aromatic amines is 1. The Bertz CT molecular complexity index is 241. The number of H-pyrrole nitrogens is 1. The second-order valence-electron chi connectivity index (χ2n) is 2.94. The van der Waals surface area contributed by atoms with E-state index >= 15 is 0 Å². The summed E-state index contributed by atoms with van der Waals surface area (Å²) in [6.07, 6.45) is 4.22. The van der Waals surface area contributed by atoms with Crippen LogP contribution in [0.5, 0.6) is 0 Å². The number of rotatable bonds is 4. The first kappa shape index (κ1) is 9.00. The quantitative estimate of drug-likeness (QED) is 0.660. The van der Waals surface area contributed by atoms with Crippen molar-refractivity contribution in [3.05, 3.63) is 24.0 Å². The standard InChI is InChI=1S/C9H14N2O/c1-7(2-4-10)9(12)8-3-5-11-6-8/h3,5-7,11H,2,4,10H2,1H3. The Morgan fingerprint density at radius 1 is 1.75 bits per heavy atom. The highest BCUT2D eigenvalue weighted by atomic mass is 16.1. The topological polar surface area (TPSA) is 58.9 Å². The zero-order chi connectivity index (χ0) is 8.97. The summed E-state index contributed by atoms with van der Waals surface area (Å²) < 4.78 is 0. The fraction of sp³-hybridized carbons (Fsp3) is 0.444. The van der Waals surface area contributed by atoms with Gasteiger partial charge >= 0.3 is 0 Å². The molecule has 1 aromatic heterocycles. The Morgan fingerprint density at radius 3 is 3.00 bits per heavy atom. The molecule has 0 aromatic carbocycles. The summed E-state index contributed by atoms with van der Waals surface area (Å²) in [5.74, 6) is 0.201. The second-order valence-corrected chi connectivity index (χ2v) is 2.94. The van der Waals surface area contributed by atoms with Crippen molar-refractivity contribution in [3.8, 4) is 0 Å². The number of aromatic nitrogens is 1. The average Bonchev–Trinajstić information content (AvgIpc) is 2.55. The van der Waals surface area contributed by atoms with E-state index in [4.69, 9.17) is 5.73 Å². The highest BCUT2D eigenvalue weighted by Crippen LogP contribution is 2.10. The lowest BCUT2D eigenvalue weighted by Crippen LogP contribution is -2.15. The van der Waals surface area contributed by atoms with E-state index in [9.17, 15) is 4.79 Å². The van der Waals surface area contributed by atoms with Crippen molar-refractivity contribution in [2.75, 3.05) is 6.54 Å². The number of nitrogens with two attached hydrogens (primary N) is 1. The van der Waals surface area contributed by atoms with E-state index < -0.39 is 0 Å². The van der Waals surface area contributed by atoms with Crippen LogP contribution in [0.1, 0.15) is 23.7 Å². The molecule has 12 heavy (non-hydrogen) atoms. The van der Waals surface area contributed by atoms with Crippen molar-refractivity contribution in [1.82, 2.24) is 4.98 Å². The SMILES string of the molecule is CC(CCN)C(=O)c1cc[nH]c1. The second kappa shape index (κ2) is 4.07. The van der Waals surface area contributed by atoms with E-state index in [0.29, 0.717) is 6.54 Å². The molecular weight excluding hydrogens is 152 g/mol. The van der Waals surface area contributed by atoms with Crippen molar-refractivity contribution >= 4 is 5.78 Å². The molecule has 3 nitrogen and oxygen atoms in total. The van der Waals surface area contributed by atoms with Crippen LogP contribution >= 0.6 is 0 Å². The minimum absolute atomic E-state index is 0.0331. The van der Waals surface area contributed by atoms with Gasteiger partial charge in [0.05, 0.1) is 0 Å². The van der Waals surface area contributed by atoms with Crippen LogP contribution in [0.4, 0.5) is 0 Å². The normalized spacial score (nSPS) is 12.8. The van der Waals surface area contributed by atoms with Gasteiger partial charge in [-0.1, -0.05) is 6.92 Å². The maximum atomic E-state index is 11.5. The monoisotopic (exact) mass is 166 g/mol. The third kappa shape index (κ3) is 1.95. The molecule has 66 valence electrons. The molecule has 1 heterocycles. The van der Waals surface area contributed by atoms with Gasteiger partial charge in [0.1, 0.15) is 0 Å². The lowest BCUT2D eigenvalue weighted by Gasteiger charge is -2.06. The summed E-state index contributed by atoms with van der Waals surface area (Å²) in [4.78, 5) is 14.4. The first-order valence-corrected chi connectivity index (χ1v) is 4.12. The van der Waals surface area contributed by atoms with Gasteiger partial charge in [-0.2, -0.15) is 0 Å². The van der Waals surface area contributed by atoms with Gasteiger partial charge in [-0.05, 0) is 19.0 Å². The molecule has 0 saturated heterocycles. The maximum Gasteiger partial charge on any atom is 0.167 e. The Balaban J connectivity index is 2.59. The average molecular weight is 166 g/mol. The molecule has 0 saturated carbocycles. The van der Waals surface area contributed by atoms with E-state index in [1.54, 1.807) is 18.5 Å². The number of Topliss-reactive ketones (excluding diaryl/α,β-unsaturated/α-hetero) is 1. The van der Waals surface area contributed by atoms with Gasteiger partial charge in [0.15, 0.2) is 5.78 Å². The molecule has 3 N–H and O–H groups in total. The predicted octanol–water partition coefficient (Wildman–Crippen LogP) is 1.18. The Hall–Kier alpha value is -1.09. The summed E-state index contributed by atoms with van der Waals surface area (Å²) in [5.41, 5.74) is 6.11. The molecule has 0 aliphatic heterocycles. The molecule has 0 bridgehead atoms. The summed E-state index contributed by atoms with van der Waals surface area (Å²) in [6.45, 7) is 2.47. The molecule has 0 radical (unpaired) electrons. The van der Waals surface area contributed by atoms with Gasteiger partial charge in [0.25, 0.3) is 0 Å². The molecule has 0 spiro atoms. The molecular formula is C9H14N2O. The fourth-order valence-corrected chi connectivity index (χ4v) is 1.14. The van der Waals surface area contributed by atoms with Crippen LogP contribution in [0, 0.1) is 5.92 Å². The molecule has 0 amide bonds. The van der Waals surface area contributed by atoms with Crippen molar-refractivity contribution in [2.24, 2.45) is 11.7 Å². The van der Waals surface area contributed by atoms with E-state index in [0.717, 1.165) is 12.0 Å². The molecule has 0 aliphatic carbocycles. The molecule has 1 aromatic rings. The summed E-state index contributed by atoms with van der Waals surface area (Å²) in [6, 6.07) is 1.79. The van der Waals surface area contributed by atoms with E-state index in [-0.39, 0.29) is 11.7 Å². The third-order valence-corrected chi connectivity index (χ3v) is 1.93. The smallest absolute Gasteiger partial charge is 0.167 e. The van der Waals surface area contributed by atoms with Gasteiger partial charge in [0.2, 0.25) is 0 Å². The molecule has 0 aliphatic rings. The molecule has 1 atom stereocenters.